The van der Waals surface area contributed by atoms with Gasteiger partial charge in [0.05, 0.1) is 6.61 Å². The van der Waals surface area contributed by atoms with Crippen molar-refractivity contribution in [1.29, 1.82) is 0 Å². The highest BCUT2D eigenvalue weighted by molar-refractivity contribution is 5.87. The number of hydrogen-bond donors (Lipinski definition) is 1. The fourth-order valence-electron chi connectivity index (χ4n) is 1.99. The summed E-state index contributed by atoms with van der Waals surface area (Å²) in [4.78, 5) is 25.8. The fraction of sp³-hybridized carbons (Fsp3) is 0.500. The van der Waals surface area contributed by atoms with Gasteiger partial charge in [0.25, 0.3) is 0 Å². The van der Waals surface area contributed by atoms with Crippen molar-refractivity contribution in [1.82, 2.24) is 10.2 Å². The monoisotopic (exact) mass is 292 g/mol. The molecule has 0 aliphatic rings. The van der Waals surface area contributed by atoms with E-state index >= 15 is 0 Å². The topological polar surface area (TPSA) is 58.6 Å². The highest BCUT2D eigenvalue weighted by Crippen LogP contribution is 2.10. The Labute approximate surface area is 126 Å². The first-order valence-corrected chi connectivity index (χ1v) is 7.20. The molecule has 1 atom stereocenters. The minimum absolute atomic E-state index is 0.0340. The molecule has 0 saturated carbocycles. The first-order valence-electron chi connectivity index (χ1n) is 7.20. The van der Waals surface area contributed by atoms with Crippen molar-refractivity contribution in [3.8, 4) is 0 Å². The maximum atomic E-state index is 12.1. The van der Waals surface area contributed by atoms with Crippen LogP contribution in [-0.2, 0) is 20.9 Å². The van der Waals surface area contributed by atoms with Crippen LogP contribution in [0.3, 0.4) is 0 Å². The van der Waals surface area contributed by atoms with Gasteiger partial charge in [0.1, 0.15) is 6.04 Å². The lowest BCUT2D eigenvalue weighted by molar-refractivity contribution is -0.140. The van der Waals surface area contributed by atoms with Gasteiger partial charge in [-0.25, -0.2) is 0 Å². The quantitative estimate of drug-likeness (QED) is 0.740. The summed E-state index contributed by atoms with van der Waals surface area (Å²) in [6.45, 7) is 4.89. The summed E-state index contributed by atoms with van der Waals surface area (Å²) in [6.07, 6.45) is 0.378. The number of carbonyl (C=O) groups excluding carboxylic acids is 2. The molecular weight excluding hydrogens is 268 g/mol. The summed E-state index contributed by atoms with van der Waals surface area (Å²) < 4.78 is 4.90. The van der Waals surface area contributed by atoms with E-state index in [4.69, 9.17) is 4.74 Å². The molecule has 1 aromatic rings. The molecule has 0 fully saturated rings. The van der Waals surface area contributed by atoms with E-state index < -0.39 is 6.04 Å². The predicted octanol–water partition coefficient (Wildman–Crippen LogP) is 1.58. The Morgan fingerprint density at radius 1 is 1.29 bits per heavy atom. The molecule has 1 aromatic carbocycles. The summed E-state index contributed by atoms with van der Waals surface area (Å²) >= 11 is 0. The first kappa shape index (κ1) is 17.2. The Bertz CT molecular complexity index is 448. The van der Waals surface area contributed by atoms with Crippen molar-refractivity contribution in [2.24, 2.45) is 0 Å². The van der Waals surface area contributed by atoms with Crippen LogP contribution in [0.5, 0.6) is 0 Å². The molecule has 0 saturated heterocycles. The molecule has 0 heterocycles. The standard InChI is InChI=1S/C16H24N2O3/c1-4-15(19)18(12-14-8-6-5-7-9-14)13(2)16(20)17-10-11-21-3/h5-9,13H,4,10-12H2,1-3H3,(H,17,20). The van der Waals surface area contributed by atoms with Crippen molar-refractivity contribution in [3.05, 3.63) is 35.9 Å². The molecule has 5 nitrogen and oxygen atoms in total. The van der Waals surface area contributed by atoms with Gasteiger partial charge in [0, 0.05) is 26.6 Å². The predicted molar refractivity (Wildman–Crippen MR) is 81.6 cm³/mol. The molecule has 1 unspecified atom stereocenters. The SMILES string of the molecule is CCC(=O)N(Cc1ccccc1)C(C)C(=O)NCCOC. The molecule has 0 bridgehead atoms. The second-order valence-electron chi connectivity index (χ2n) is 4.82. The van der Waals surface area contributed by atoms with Crippen molar-refractivity contribution in [3.63, 3.8) is 0 Å². The van der Waals surface area contributed by atoms with Crippen LogP contribution in [0.15, 0.2) is 30.3 Å². The van der Waals surface area contributed by atoms with Crippen LogP contribution in [0.1, 0.15) is 25.8 Å². The number of carbonyl (C=O) groups is 2. The fourth-order valence-corrected chi connectivity index (χ4v) is 1.99. The van der Waals surface area contributed by atoms with Crippen molar-refractivity contribution < 1.29 is 14.3 Å². The highest BCUT2D eigenvalue weighted by atomic mass is 16.5. The number of rotatable bonds is 8. The average molecular weight is 292 g/mol. The minimum atomic E-state index is -0.505. The molecule has 116 valence electrons. The van der Waals surface area contributed by atoms with Gasteiger partial charge in [-0.05, 0) is 12.5 Å². The van der Waals surface area contributed by atoms with Crippen molar-refractivity contribution in [2.75, 3.05) is 20.3 Å². The molecule has 0 aliphatic heterocycles. The van der Waals surface area contributed by atoms with Crippen LogP contribution in [0.2, 0.25) is 0 Å². The summed E-state index contributed by atoms with van der Waals surface area (Å²) in [5.41, 5.74) is 1.01. The normalized spacial score (nSPS) is 11.8. The van der Waals surface area contributed by atoms with Crippen LogP contribution in [-0.4, -0.2) is 43.0 Å². The Morgan fingerprint density at radius 2 is 1.95 bits per heavy atom. The molecule has 0 aromatic heterocycles. The molecule has 21 heavy (non-hydrogen) atoms. The van der Waals surface area contributed by atoms with Gasteiger partial charge in [-0.1, -0.05) is 37.3 Å². The van der Waals surface area contributed by atoms with Crippen LogP contribution < -0.4 is 5.32 Å². The van der Waals surface area contributed by atoms with E-state index in [0.29, 0.717) is 26.1 Å². The third kappa shape index (κ3) is 5.55. The van der Waals surface area contributed by atoms with Gasteiger partial charge in [-0.15, -0.1) is 0 Å². The Morgan fingerprint density at radius 3 is 2.52 bits per heavy atom. The Balaban J connectivity index is 2.72. The number of nitrogens with zero attached hydrogens (tertiary/aromatic N) is 1. The summed E-state index contributed by atoms with van der Waals surface area (Å²) in [5.74, 6) is -0.196. The lowest BCUT2D eigenvalue weighted by atomic mass is 10.1. The number of nitrogens with one attached hydrogen (secondary N) is 1. The number of benzene rings is 1. The van der Waals surface area contributed by atoms with E-state index in [0.717, 1.165) is 5.56 Å². The number of amides is 2. The van der Waals surface area contributed by atoms with Crippen LogP contribution in [0.25, 0.3) is 0 Å². The summed E-state index contributed by atoms with van der Waals surface area (Å²) in [5, 5.41) is 2.77. The van der Waals surface area contributed by atoms with Gasteiger partial charge >= 0.3 is 0 Å². The summed E-state index contributed by atoms with van der Waals surface area (Å²) in [7, 11) is 1.58. The van der Waals surface area contributed by atoms with E-state index in [1.54, 1.807) is 25.9 Å². The van der Waals surface area contributed by atoms with Crippen LogP contribution in [0.4, 0.5) is 0 Å². The zero-order valence-electron chi connectivity index (χ0n) is 13.0. The van der Waals surface area contributed by atoms with Gasteiger partial charge in [-0.3, -0.25) is 9.59 Å². The maximum absolute atomic E-state index is 12.1. The minimum Gasteiger partial charge on any atom is -0.383 e. The van der Waals surface area contributed by atoms with Crippen LogP contribution >= 0.6 is 0 Å². The Kier molecular flexibility index (Phi) is 7.46. The smallest absolute Gasteiger partial charge is 0.242 e. The number of methoxy groups -OCH3 is 1. The zero-order chi connectivity index (χ0) is 15.7. The third-order valence-corrected chi connectivity index (χ3v) is 3.27. The molecule has 1 rings (SSSR count). The van der Waals surface area contributed by atoms with E-state index in [1.165, 1.54) is 0 Å². The molecule has 0 aliphatic carbocycles. The van der Waals surface area contributed by atoms with E-state index in [-0.39, 0.29) is 11.8 Å². The number of ether oxygens (including phenoxy) is 1. The molecule has 0 radical (unpaired) electrons. The molecule has 2 amide bonds. The van der Waals surface area contributed by atoms with E-state index in [9.17, 15) is 9.59 Å². The highest BCUT2D eigenvalue weighted by Gasteiger charge is 2.24. The second-order valence-corrected chi connectivity index (χ2v) is 4.82. The lowest BCUT2D eigenvalue weighted by Crippen LogP contribution is -2.48. The third-order valence-electron chi connectivity index (χ3n) is 3.27. The van der Waals surface area contributed by atoms with Crippen molar-refractivity contribution >= 4 is 11.8 Å². The lowest BCUT2D eigenvalue weighted by Gasteiger charge is -2.28. The molecule has 1 N–H and O–H groups in total. The Hall–Kier alpha value is -1.88. The maximum Gasteiger partial charge on any atom is 0.242 e. The van der Waals surface area contributed by atoms with E-state index in [2.05, 4.69) is 5.32 Å². The van der Waals surface area contributed by atoms with Crippen molar-refractivity contribution in [2.45, 2.75) is 32.9 Å². The van der Waals surface area contributed by atoms with Crippen LogP contribution in [0, 0.1) is 0 Å². The molecule has 5 heteroatoms. The van der Waals surface area contributed by atoms with Gasteiger partial charge < -0.3 is 15.0 Å². The first-order chi connectivity index (χ1) is 10.1. The molecule has 0 spiro atoms. The van der Waals surface area contributed by atoms with Gasteiger partial charge in [0.2, 0.25) is 11.8 Å². The van der Waals surface area contributed by atoms with E-state index in [1.807, 2.05) is 30.3 Å². The zero-order valence-corrected chi connectivity index (χ0v) is 13.0. The average Bonchev–Trinajstić information content (AvgIpc) is 2.52. The van der Waals surface area contributed by atoms with Gasteiger partial charge in [0.15, 0.2) is 0 Å². The largest absolute Gasteiger partial charge is 0.383 e. The van der Waals surface area contributed by atoms with Gasteiger partial charge in [-0.2, -0.15) is 0 Å². The summed E-state index contributed by atoms with van der Waals surface area (Å²) in [6, 6.07) is 9.17. The number of hydrogen-bond acceptors (Lipinski definition) is 3. The second kappa shape index (κ2) is 9.13. The molecular formula is C16H24N2O3.